The first kappa shape index (κ1) is 30.6. The van der Waals surface area contributed by atoms with Gasteiger partial charge in [0.05, 0.1) is 23.5 Å². The Morgan fingerprint density at radius 3 is 1.48 bits per heavy atom. The molecule has 0 radical (unpaired) electrons. The lowest BCUT2D eigenvalue weighted by molar-refractivity contribution is 0.670. The van der Waals surface area contributed by atoms with Crippen LogP contribution in [-0.2, 0) is 0 Å². The normalized spacial score (nSPS) is 12.7. The number of nitrogens with zero attached hydrogens (tertiary/aromatic N) is 4. The van der Waals surface area contributed by atoms with Crippen molar-refractivity contribution in [3.8, 4) is 73.2 Å². The Labute approximate surface area is 364 Å². The molecule has 0 unspecified atom stereocenters. The maximum Gasteiger partial charge on any atom is 0.167 e. The molecular weight excluding hydrogens is 757 g/mol. The van der Waals surface area contributed by atoms with E-state index < -0.39 is 30.2 Å². The highest BCUT2D eigenvalue weighted by Gasteiger charge is 2.23. The van der Waals surface area contributed by atoms with E-state index in [-0.39, 0.29) is 23.0 Å². The summed E-state index contributed by atoms with van der Waals surface area (Å²) < 4.78 is 53.3. The third-order valence-corrected chi connectivity index (χ3v) is 11.5. The lowest BCUT2D eigenvalue weighted by Gasteiger charge is -2.14. The Kier molecular flexibility index (Phi) is 7.25. The first-order valence-corrected chi connectivity index (χ1v) is 20.4. The van der Waals surface area contributed by atoms with Gasteiger partial charge in [-0.2, -0.15) is 0 Å². The minimum Gasteiger partial charge on any atom is -0.455 e. The molecule has 12 rings (SSSR count). The zero-order valence-electron chi connectivity index (χ0n) is 38.1. The molecule has 0 aliphatic heterocycles. The summed E-state index contributed by atoms with van der Waals surface area (Å²) in [7, 11) is 0. The molecule has 62 heavy (non-hydrogen) atoms. The molecule has 0 N–H and O–H groups in total. The highest BCUT2D eigenvalue weighted by atomic mass is 16.3. The number of aromatic nitrogens is 4. The van der Waals surface area contributed by atoms with Crippen LogP contribution in [0.25, 0.3) is 117 Å². The number of hydrogen-bond acceptors (Lipinski definition) is 4. The van der Waals surface area contributed by atoms with E-state index in [9.17, 15) is 0 Å². The summed E-state index contributed by atoms with van der Waals surface area (Å²) in [4.78, 5) is 15.4. The van der Waals surface area contributed by atoms with Crippen LogP contribution in [0.5, 0.6) is 0 Å². The Morgan fingerprint density at radius 1 is 0.355 bits per heavy atom. The van der Waals surface area contributed by atoms with E-state index in [1.54, 1.807) is 0 Å². The van der Waals surface area contributed by atoms with Crippen LogP contribution < -0.4 is 0 Å². The quantitative estimate of drug-likeness (QED) is 0.161. The highest BCUT2D eigenvalue weighted by Crippen LogP contribution is 2.43. The maximum absolute atomic E-state index is 9.11. The largest absolute Gasteiger partial charge is 0.455 e. The van der Waals surface area contributed by atoms with Crippen LogP contribution in [0.4, 0.5) is 0 Å². The minimum absolute atomic E-state index is 0.0696. The third-order valence-electron chi connectivity index (χ3n) is 11.5. The van der Waals surface area contributed by atoms with Crippen molar-refractivity contribution >= 4 is 43.7 Å². The van der Waals surface area contributed by atoms with Gasteiger partial charge >= 0.3 is 0 Å². The zero-order chi connectivity index (χ0) is 45.3. The number of rotatable bonds is 7. The first-order chi connectivity index (χ1) is 32.8. The Bertz CT molecular complexity index is 3790. The van der Waals surface area contributed by atoms with E-state index >= 15 is 0 Å². The van der Waals surface area contributed by atoms with Crippen molar-refractivity contribution in [2.45, 2.75) is 0 Å². The van der Waals surface area contributed by atoms with Gasteiger partial charge in [0.25, 0.3) is 0 Å². The lowest BCUT2D eigenvalue weighted by atomic mass is 9.96. The molecule has 0 spiro atoms. The van der Waals surface area contributed by atoms with Crippen LogP contribution in [0.2, 0.25) is 0 Å². The summed E-state index contributed by atoms with van der Waals surface area (Å²) in [6.45, 7) is 0. The zero-order valence-corrected chi connectivity index (χ0v) is 33.1. The van der Waals surface area contributed by atoms with Crippen molar-refractivity contribution in [1.29, 1.82) is 0 Å². The number of furan rings is 1. The van der Waals surface area contributed by atoms with Gasteiger partial charge in [-0.3, -0.25) is 0 Å². The van der Waals surface area contributed by atoms with E-state index in [0.717, 1.165) is 71.6 Å². The second-order valence-corrected chi connectivity index (χ2v) is 15.2. The van der Waals surface area contributed by atoms with Crippen LogP contribution >= 0.6 is 0 Å². The summed E-state index contributed by atoms with van der Waals surface area (Å²) in [5.74, 6) is 0.379. The molecule has 0 saturated heterocycles. The van der Waals surface area contributed by atoms with E-state index in [1.165, 1.54) is 0 Å². The molecule has 0 saturated carbocycles. The fourth-order valence-electron chi connectivity index (χ4n) is 8.68. The molecule has 9 aromatic carbocycles. The molecule has 0 aliphatic carbocycles. The predicted molar refractivity (Wildman–Crippen MR) is 254 cm³/mol. The molecule has 3 heterocycles. The number of benzene rings is 9. The molecule has 5 heteroatoms. The van der Waals surface area contributed by atoms with E-state index in [4.69, 9.17) is 26.2 Å². The maximum atomic E-state index is 9.11. The molecular formula is C57H36N4O. The molecule has 0 bridgehead atoms. The van der Waals surface area contributed by atoms with Gasteiger partial charge in [0.15, 0.2) is 17.5 Å². The van der Waals surface area contributed by atoms with Crippen molar-refractivity contribution < 1.29 is 11.3 Å². The molecule has 0 fully saturated rings. The van der Waals surface area contributed by atoms with E-state index in [1.807, 2.05) is 127 Å². The van der Waals surface area contributed by atoms with Crippen LogP contribution in [0.3, 0.4) is 0 Å². The Balaban J connectivity index is 1.21. The summed E-state index contributed by atoms with van der Waals surface area (Å²) >= 11 is 0. The molecule has 0 atom stereocenters. The number of para-hydroxylation sites is 3. The molecule has 5 nitrogen and oxygen atoms in total. The Morgan fingerprint density at radius 2 is 0.855 bits per heavy atom. The van der Waals surface area contributed by atoms with Crippen molar-refractivity contribution in [1.82, 2.24) is 19.5 Å². The van der Waals surface area contributed by atoms with Gasteiger partial charge in [-0.15, -0.1) is 0 Å². The fraction of sp³-hybridized carbons (Fsp3) is 0. The van der Waals surface area contributed by atoms with Gasteiger partial charge in [0.1, 0.15) is 11.2 Å². The topological polar surface area (TPSA) is 56.7 Å². The molecule has 3 aromatic heterocycles. The highest BCUT2D eigenvalue weighted by molar-refractivity contribution is 6.15. The number of fused-ring (bicyclic) bond motifs is 6. The molecule has 290 valence electrons. The van der Waals surface area contributed by atoms with Crippen molar-refractivity contribution in [2.75, 3.05) is 0 Å². The van der Waals surface area contributed by atoms with Gasteiger partial charge in [0, 0.05) is 43.9 Å². The predicted octanol–water partition coefficient (Wildman–Crippen LogP) is 14.9. The van der Waals surface area contributed by atoms with E-state index in [0.29, 0.717) is 22.3 Å². The standard InChI is InChI=1S/C57H36N4O/c1-5-18-37(19-6-1)41-32-42(38-20-7-2-8-21-38)34-43(33-41)56-58-55(40-24-11-4-12-25-40)59-57(60-56)50-36-44(61-51-30-15-13-26-46(51)47-27-14-16-31-52(47)61)35-49-48-29-17-28-45(53(48)62-54(49)50)39-22-9-3-10-23-39/h1-36H/i4D,11D,12D,24D,25D. The summed E-state index contributed by atoms with van der Waals surface area (Å²) in [5.41, 5.74) is 10.8. The SMILES string of the molecule is [2H]c1c([2H])c([2H])c(-c2nc(-c3cc(-c4ccccc4)cc(-c4ccccc4)c3)nc(-c3cc(-n4c5ccccc5c5ccccc54)cc4c3oc3c(-c5ccccc5)cccc34)n2)c([2H])c1[2H]. The first-order valence-electron chi connectivity index (χ1n) is 22.9. The van der Waals surface area contributed by atoms with Gasteiger partial charge in [-0.25, -0.2) is 15.0 Å². The Hall–Kier alpha value is -8.41. The van der Waals surface area contributed by atoms with Crippen LogP contribution in [0.15, 0.2) is 223 Å². The third kappa shape index (κ3) is 6.06. The van der Waals surface area contributed by atoms with Crippen LogP contribution in [0.1, 0.15) is 6.85 Å². The monoisotopic (exact) mass is 797 g/mol. The fourth-order valence-corrected chi connectivity index (χ4v) is 8.68. The summed E-state index contributed by atoms with van der Waals surface area (Å²) in [6.07, 6.45) is 0. The van der Waals surface area contributed by atoms with E-state index in [2.05, 4.69) is 65.2 Å². The average Bonchev–Trinajstić information content (AvgIpc) is 3.94. The smallest absolute Gasteiger partial charge is 0.167 e. The second-order valence-electron chi connectivity index (χ2n) is 15.2. The molecule has 0 aliphatic rings. The van der Waals surface area contributed by atoms with Crippen molar-refractivity contribution in [3.05, 3.63) is 218 Å². The second kappa shape index (κ2) is 14.7. The van der Waals surface area contributed by atoms with Gasteiger partial charge in [-0.05, 0) is 70.3 Å². The average molecular weight is 798 g/mol. The van der Waals surface area contributed by atoms with Gasteiger partial charge in [-0.1, -0.05) is 176 Å². The summed E-state index contributed by atoms with van der Waals surface area (Å²) in [5, 5.41) is 3.91. The minimum atomic E-state index is -0.506. The number of hydrogen-bond donors (Lipinski definition) is 0. The van der Waals surface area contributed by atoms with Crippen molar-refractivity contribution in [3.63, 3.8) is 0 Å². The summed E-state index contributed by atoms with van der Waals surface area (Å²) in [6, 6.07) is 61.1. The van der Waals surface area contributed by atoms with Crippen LogP contribution in [0, 0.1) is 0 Å². The molecule has 0 amide bonds. The van der Waals surface area contributed by atoms with Crippen molar-refractivity contribution in [2.24, 2.45) is 0 Å². The molecule has 12 aromatic rings. The lowest BCUT2D eigenvalue weighted by Crippen LogP contribution is -2.02. The van der Waals surface area contributed by atoms with Crippen LogP contribution in [-0.4, -0.2) is 19.5 Å². The van der Waals surface area contributed by atoms with Gasteiger partial charge < -0.3 is 8.98 Å². The van der Waals surface area contributed by atoms with Gasteiger partial charge in [0.2, 0.25) is 0 Å².